The van der Waals surface area contributed by atoms with E-state index in [2.05, 4.69) is 12.2 Å². The number of nitrogens with one attached hydrogen (secondary N) is 1. The van der Waals surface area contributed by atoms with Crippen molar-refractivity contribution in [3.05, 3.63) is 71.5 Å². The smallest absolute Gasteiger partial charge is 0.340 e. The van der Waals surface area contributed by atoms with E-state index in [1.165, 1.54) is 24.5 Å². The Balaban J connectivity index is 1.68. The Hall–Kier alpha value is -2.77. The zero-order chi connectivity index (χ0) is 21.3. The van der Waals surface area contributed by atoms with Crippen molar-refractivity contribution < 1.29 is 13.9 Å². The van der Waals surface area contributed by atoms with Crippen molar-refractivity contribution in [2.75, 3.05) is 17.3 Å². The van der Waals surface area contributed by atoms with Gasteiger partial charge in [-0.3, -0.25) is 0 Å². The molecule has 0 radical (unpaired) electrons. The molecule has 0 spiro atoms. The van der Waals surface area contributed by atoms with Crippen LogP contribution in [0.15, 0.2) is 54.6 Å². The van der Waals surface area contributed by atoms with E-state index in [0.717, 1.165) is 34.5 Å². The minimum absolute atomic E-state index is 0.151. The van der Waals surface area contributed by atoms with Crippen LogP contribution in [0.3, 0.4) is 0 Å². The van der Waals surface area contributed by atoms with Gasteiger partial charge in [0.05, 0.1) is 12.7 Å². The predicted molar refractivity (Wildman–Crippen MR) is 124 cm³/mol. The number of thiocarbonyl (C=S) groups is 1. The first-order valence-corrected chi connectivity index (χ1v) is 10.9. The minimum atomic E-state index is -0.423. The van der Waals surface area contributed by atoms with Crippen molar-refractivity contribution in [3.63, 3.8) is 0 Å². The molecule has 1 aromatic heterocycles. The fourth-order valence-corrected chi connectivity index (χ4v) is 5.17. The summed E-state index contributed by atoms with van der Waals surface area (Å²) in [7, 11) is 1.36. The summed E-state index contributed by atoms with van der Waals surface area (Å²) < 4.78 is 18.7. The average molecular weight is 441 g/mol. The quantitative estimate of drug-likeness (QED) is 0.407. The lowest BCUT2D eigenvalue weighted by Crippen LogP contribution is -2.44. The van der Waals surface area contributed by atoms with Crippen LogP contribution in [0.2, 0.25) is 0 Å². The van der Waals surface area contributed by atoms with E-state index < -0.39 is 5.97 Å². The number of ether oxygens (including phenoxy) is 1. The molecule has 30 heavy (non-hydrogen) atoms. The lowest BCUT2D eigenvalue weighted by molar-refractivity contribution is 0.0602. The summed E-state index contributed by atoms with van der Waals surface area (Å²) in [5.41, 5.74) is 3.28. The largest absolute Gasteiger partial charge is 0.465 e. The second-order valence-electron chi connectivity index (χ2n) is 7.17. The molecule has 0 aliphatic carbocycles. The van der Waals surface area contributed by atoms with Crippen LogP contribution < -0.4 is 10.2 Å². The van der Waals surface area contributed by atoms with Crippen LogP contribution in [0, 0.1) is 5.82 Å². The number of anilines is 2. The molecule has 4 nitrogen and oxygen atoms in total. The summed E-state index contributed by atoms with van der Waals surface area (Å²) in [6.45, 7) is 2.09. The van der Waals surface area contributed by atoms with Crippen LogP contribution in [0.1, 0.15) is 29.3 Å². The van der Waals surface area contributed by atoms with Crippen molar-refractivity contribution in [1.29, 1.82) is 0 Å². The standard InChI is InChI=1S/C23H21FN2O2S2/c1-14-8-9-16-12-17(24)10-11-19(16)26(14)23(29)25-21-18(22(27)28-2)13-20(30-21)15-6-4-3-5-7-15/h3-7,10-14H,8-9H2,1-2H3,(H,25,29). The summed E-state index contributed by atoms with van der Waals surface area (Å²) in [5, 5.41) is 4.36. The number of halogens is 1. The van der Waals surface area contributed by atoms with E-state index in [0.29, 0.717) is 15.7 Å². The maximum absolute atomic E-state index is 13.7. The molecule has 154 valence electrons. The van der Waals surface area contributed by atoms with Gasteiger partial charge in [0.1, 0.15) is 10.8 Å². The average Bonchev–Trinajstić information content (AvgIpc) is 3.17. The number of hydrogen-bond donors (Lipinski definition) is 1. The normalized spacial score (nSPS) is 15.4. The molecule has 0 saturated heterocycles. The third-order valence-corrected chi connectivity index (χ3v) is 6.61. The monoisotopic (exact) mass is 440 g/mol. The van der Waals surface area contributed by atoms with Gasteiger partial charge in [0.15, 0.2) is 5.11 Å². The number of rotatable bonds is 3. The van der Waals surface area contributed by atoms with Gasteiger partial charge in [0.25, 0.3) is 0 Å². The molecule has 1 N–H and O–H groups in total. The van der Waals surface area contributed by atoms with Crippen LogP contribution in [-0.4, -0.2) is 24.2 Å². The van der Waals surface area contributed by atoms with Crippen molar-refractivity contribution in [2.24, 2.45) is 0 Å². The summed E-state index contributed by atoms with van der Waals surface area (Å²) in [6, 6.07) is 16.6. The second kappa shape index (κ2) is 8.53. The maximum Gasteiger partial charge on any atom is 0.340 e. The zero-order valence-electron chi connectivity index (χ0n) is 16.6. The Labute approximate surface area is 184 Å². The number of benzene rings is 2. The Kier molecular flexibility index (Phi) is 5.83. The number of aryl methyl sites for hydroxylation is 1. The van der Waals surface area contributed by atoms with E-state index in [1.54, 1.807) is 12.1 Å². The van der Waals surface area contributed by atoms with E-state index in [1.807, 2.05) is 41.3 Å². The maximum atomic E-state index is 13.7. The number of carbonyl (C=O) groups excluding carboxylic acids is 1. The number of fused-ring (bicyclic) bond motifs is 1. The molecular weight excluding hydrogens is 419 g/mol. The Morgan fingerprint density at radius 3 is 2.73 bits per heavy atom. The molecule has 2 aromatic carbocycles. The van der Waals surface area contributed by atoms with Crippen LogP contribution in [-0.2, 0) is 11.2 Å². The van der Waals surface area contributed by atoms with Crippen molar-refractivity contribution in [1.82, 2.24) is 0 Å². The van der Waals surface area contributed by atoms with E-state index in [-0.39, 0.29) is 11.9 Å². The minimum Gasteiger partial charge on any atom is -0.465 e. The van der Waals surface area contributed by atoms with Gasteiger partial charge in [-0.25, -0.2) is 9.18 Å². The van der Waals surface area contributed by atoms with E-state index >= 15 is 0 Å². The van der Waals surface area contributed by atoms with Gasteiger partial charge in [-0.15, -0.1) is 11.3 Å². The first-order chi connectivity index (χ1) is 14.5. The van der Waals surface area contributed by atoms with E-state index in [9.17, 15) is 9.18 Å². The fourth-order valence-electron chi connectivity index (χ4n) is 3.68. The number of nitrogens with zero attached hydrogens (tertiary/aromatic N) is 1. The Bertz CT molecular complexity index is 1100. The molecule has 0 fully saturated rings. The summed E-state index contributed by atoms with van der Waals surface area (Å²) in [6.07, 6.45) is 1.67. The number of carbonyl (C=O) groups is 1. The first kappa shape index (κ1) is 20.5. The molecule has 0 saturated carbocycles. The lowest BCUT2D eigenvalue weighted by Gasteiger charge is -2.37. The predicted octanol–water partition coefficient (Wildman–Crippen LogP) is 5.88. The molecule has 1 aliphatic heterocycles. The van der Waals surface area contributed by atoms with Crippen LogP contribution in [0.5, 0.6) is 0 Å². The molecule has 0 amide bonds. The molecule has 7 heteroatoms. The number of methoxy groups -OCH3 is 1. The fraction of sp³-hybridized carbons (Fsp3) is 0.217. The van der Waals surface area contributed by atoms with Gasteiger partial charge < -0.3 is 15.0 Å². The van der Waals surface area contributed by atoms with Crippen LogP contribution in [0.4, 0.5) is 15.1 Å². The molecule has 4 rings (SSSR count). The summed E-state index contributed by atoms with van der Waals surface area (Å²) >= 11 is 7.17. The van der Waals surface area contributed by atoms with Crippen molar-refractivity contribution >= 4 is 45.3 Å². The van der Waals surface area contributed by atoms with Crippen LogP contribution in [0.25, 0.3) is 10.4 Å². The molecule has 2 heterocycles. The third-order valence-electron chi connectivity index (χ3n) is 5.21. The van der Waals surface area contributed by atoms with Gasteiger partial charge in [-0.2, -0.15) is 0 Å². The number of esters is 1. The molecule has 1 unspecified atom stereocenters. The highest BCUT2D eigenvalue weighted by molar-refractivity contribution is 7.80. The molecule has 3 aromatic rings. The first-order valence-electron chi connectivity index (χ1n) is 9.64. The van der Waals surface area contributed by atoms with E-state index in [4.69, 9.17) is 17.0 Å². The highest BCUT2D eigenvalue weighted by atomic mass is 32.1. The van der Waals surface area contributed by atoms with Gasteiger partial charge in [0, 0.05) is 16.6 Å². The van der Waals surface area contributed by atoms with Gasteiger partial charge in [-0.1, -0.05) is 30.3 Å². The summed E-state index contributed by atoms with van der Waals surface area (Å²) in [4.78, 5) is 15.3. The SMILES string of the molecule is COC(=O)c1cc(-c2ccccc2)sc1NC(=S)N1c2ccc(F)cc2CCC1C. The highest BCUT2D eigenvalue weighted by Crippen LogP contribution is 2.37. The molecule has 1 atom stereocenters. The molecule has 0 bridgehead atoms. The lowest BCUT2D eigenvalue weighted by atomic mass is 9.97. The van der Waals surface area contributed by atoms with Crippen molar-refractivity contribution in [3.8, 4) is 10.4 Å². The highest BCUT2D eigenvalue weighted by Gasteiger charge is 2.28. The molecule has 1 aliphatic rings. The topological polar surface area (TPSA) is 41.6 Å². The Morgan fingerprint density at radius 2 is 2.00 bits per heavy atom. The summed E-state index contributed by atoms with van der Waals surface area (Å²) in [5.74, 6) is -0.672. The second-order valence-corrected chi connectivity index (χ2v) is 8.61. The number of hydrogen-bond acceptors (Lipinski definition) is 4. The van der Waals surface area contributed by atoms with Gasteiger partial charge in [0.2, 0.25) is 0 Å². The zero-order valence-corrected chi connectivity index (χ0v) is 18.3. The van der Waals surface area contributed by atoms with Crippen molar-refractivity contribution in [2.45, 2.75) is 25.8 Å². The van der Waals surface area contributed by atoms with Gasteiger partial charge >= 0.3 is 5.97 Å². The van der Waals surface area contributed by atoms with Crippen LogP contribution >= 0.6 is 23.6 Å². The van der Waals surface area contributed by atoms with Gasteiger partial charge in [-0.05, 0) is 67.4 Å². The Morgan fingerprint density at radius 1 is 1.23 bits per heavy atom. The molecular formula is C23H21FN2O2S2. The number of thiophene rings is 1. The third kappa shape index (κ3) is 3.95.